The number of phenolic OH excluding ortho intramolecular Hbond substituents is 1. The monoisotopic (exact) mass is 637 g/mol. The van der Waals surface area contributed by atoms with E-state index in [9.17, 15) is 34.2 Å². The zero-order chi connectivity index (χ0) is 33.8. The van der Waals surface area contributed by atoms with E-state index in [0.717, 1.165) is 10.9 Å². The number of amides is 4. The number of aliphatic carboxylic acids is 1. The first kappa shape index (κ1) is 34.8. The van der Waals surface area contributed by atoms with Gasteiger partial charge in [-0.15, -0.1) is 0 Å². The molecule has 3 aromatic rings. The molecule has 16 heteroatoms. The number of hydrogen-bond donors (Lipinski definition) is 10. The Kier molecular flexibility index (Phi) is 12.5. The lowest BCUT2D eigenvalue weighted by Crippen LogP contribution is -2.58. The Hall–Kier alpha value is -5.64. The third-order valence-corrected chi connectivity index (χ3v) is 7.06. The Bertz CT molecular complexity index is 1570. The summed E-state index contributed by atoms with van der Waals surface area (Å²) in [5.41, 5.74) is 23.7. The molecular weight excluding hydrogens is 598 g/mol. The fourth-order valence-corrected chi connectivity index (χ4v) is 4.70. The maximum atomic E-state index is 13.6. The van der Waals surface area contributed by atoms with Crippen LogP contribution in [0.25, 0.3) is 10.9 Å². The molecule has 0 aliphatic carbocycles. The fraction of sp³-hybridized carbons (Fsp3) is 0.333. The van der Waals surface area contributed by atoms with Gasteiger partial charge >= 0.3 is 5.97 Å². The maximum Gasteiger partial charge on any atom is 0.326 e. The van der Waals surface area contributed by atoms with Gasteiger partial charge in [0.25, 0.3) is 0 Å². The largest absolute Gasteiger partial charge is 0.508 e. The number of aromatic nitrogens is 1. The number of carbonyl (C=O) groups excluding carboxylic acids is 4. The highest BCUT2D eigenvalue weighted by molar-refractivity contribution is 5.95. The Morgan fingerprint density at radius 2 is 1.46 bits per heavy atom. The van der Waals surface area contributed by atoms with Crippen molar-refractivity contribution in [1.82, 2.24) is 20.9 Å². The first-order chi connectivity index (χ1) is 21.8. The summed E-state index contributed by atoms with van der Waals surface area (Å²) in [6, 6.07) is 7.93. The number of fused-ring (bicyclic) bond motifs is 1. The quantitative estimate of drug-likeness (QED) is 0.0462. The van der Waals surface area contributed by atoms with Crippen molar-refractivity contribution in [2.24, 2.45) is 27.9 Å². The average molecular weight is 638 g/mol. The van der Waals surface area contributed by atoms with E-state index in [1.807, 2.05) is 24.3 Å². The van der Waals surface area contributed by atoms with Gasteiger partial charge in [0.1, 0.15) is 23.9 Å². The molecule has 0 bridgehead atoms. The third kappa shape index (κ3) is 10.5. The minimum absolute atomic E-state index is 0.00877. The number of phenols is 1. The second-order valence-corrected chi connectivity index (χ2v) is 10.7. The molecule has 16 nitrogen and oxygen atoms in total. The lowest BCUT2D eigenvalue weighted by Gasteiger charge is -2.25. The van der Waals surface area contributed by atoms with Gasteiger partial charge in [-0.2, -0.15) is 0 Å². The van der Waals surface area contributed by atoms with Crippen molar-refractivity contribution in [2.75, 3.05) is 6.54 Å². The highest BCUT2D eigenvalue weighted by atomic mass is 16.4. The molecule has 0 fully saturated rings. The molecule has 3 rings (SSSR count). The van der Waals surface area contributed by atoms with Gasteiger partial charge < -0.3 is 54.1 Å². The summed E-state index contributed by atoms with van der Waals surface area (Å²) < 4.78 is 0. The van der Waals surface area contributed by atoms with E-state index in [2.05, 4.69) is 25.9 Å². The number of carboxylic acids is 1. The summed E-state index contributed by atoms with van der Waals surface area (Å²) in [5, 5.41) is 28.0. The van der Waals surface area contributed by atoms with Gasteiger partial charge in [-0.1, -0.05) is 30.3 Å². The Balaban J connectivity index is 1.83. The molecule has 46 heavy (non-hydrogen) atoms. The van der Waals surface area contributed by atoms with E-state index in [1.165, 1.54) is 24.3 Å². The molecular formula is C30H39N9O7. The average Bonchev–Trinajstić information content (AvgIpc) is 3.41. The van der Waals surface area contributed by atoms with Gasteiger partial charge in [-0.05, 0) is 42.2 Å². The summed E-state index contributed by atoms with van der Waals surface area (Å²) in [7, 11) is 0. The molecule has 14 N–H and O–H groups in total. The number of carbonyl (C=O) groups is 5. The summed E-state index contributed by atoms with van der Waals surface area (Å²) in [6.07, 6.45) is 1.31. The minimum atomic E-state index is -1.34. The molecule has 0 saturated carbocycles. The molecule has 0 saturated heterocycles. The standard InChI is InChI=1S/C30H39N9O7/c31-20(14-25(32)41)26(42)38-23(12-16-7-9-18(40)10-8-16)28(44)37-22(6-3-11-35-30(33)34)27(43)39-24(29(45)46)13-17-15-36-21-5-2-1-4-19(17)21/h1-2,4-5,7-10,15,20,22-24,36,40H,3,6,11-14,31H2,(H2,32,41)(H,37,44)(H,38,42)(H,39,43)(H,45,46)(H4,33,34,35). The number of rotatable bonds is 17. The van der Waals surface area contributed by atoms with E-state index in [1.54, 1.807) is 6.20 Å². The highest BCUT2D eigenvalue weighted by Gasteiger charge is 2.31. The second-order valence-electron chi connectivity index (χ2n) is 10.7. The number of guanidine groups is 1. The molecule has 4 unspecified atom stereocenters. The van der Waals surface area contributed by atoms with E-state index in [-0.39, 0.29) is 43.9 Å². The fourth-order valence-electron chi connectivity index (χ4n) is 4.70. The number of aromatic hydroxyl groups is 1. The van der Waals surface area contributed by atoms with Crippen LogP contribution in [-0.4, -0.2) is 81.5 Å². The number of para-hydroxylation sites is 1. The Labute approximate surface area is 264 Å². The van der Waals surface area contributed by atoms with Crippen LogP contribution in [0.5, 0.6) is 5.75 Å². The predicted molar refractivity (Wildman–Crippen MR) is 169 cm³/mol. The van der Waals surface area contributed by atoms with Gasteiger partial charge in [-0.25, -0.2) is 4.79 Å². The molecule has 246 valence electrons. The van der Waals surface area contributed by atoms with Gasteiger partial charge in [0.05, 0.1) is 12.5 Å². The van der Waals surface area contributed by atoms with Gasteiger partial charge in [0.2, 0.25) is 23.6 Å². The van der Waals surface area contributed by atoms with E-state index >= 15 is 0 Å². The molecule has 2 aromatic carbocycles. The first-order valence-electron chi connectivity index (χ1n) is 14.4. The van der Waals surface area contributed by atoms with Gasteiger partial charge in [0.15, 0.2) is 5.96 Å². The van der Waals surface area contributed by atoms with Crippen molar-refractivity contribution in [2.45, 2.75) is 56.3 Å². The number of benzene rings is 2. The van der Waals surface area contributed by atoms with E-state index < -0.39 is 60.2 Å². The van der Waals surface area contributed by atoms with Crippen LogP contribution < -0.4 is 38.9 Å². The lowest BCUT2D eigenvalue weighted by molar-refractivity contribution is -0.142. The number of carboxylic acid groups (broad SMARTS) is 1. The number of H-pyrrole nitrogens is 1. The lowest BCUT2D eigenvalue weighted by atomic mass is 10.0. The molecule has 4 amide bonds. The van der Waals surface area contributed by atoms with Crippen LogP contribution in [0.4, 0.5) is 0 Å². The van der Waals surface area contributed by atoms with Crippen LogP contribution >= 0.6 is 0 Å². The number of nitrogens with two attached hydrogens (primary N) is 4. The number of aromatic amines is 1. The van der Waals surface area contributed by atoms with Crippen LogP contribution in [0.3, 0.4) is 0 Å². The summed E-state index contributed by atoms with van der Waals surface area (Å²) in [6.45, 7) is 0.120. The molecule has 1 heterocycles. The highest BCUT2D eigenvalue weighted by Crippen LogP contribution is 2.19. The molecule has 0 aliphatic rings. The van der Waals surface area contributed by atoms with Crippen molar-refractivity contribution in [1.29, 1.82) is 0 Å². The summed E-state index contributed by atoms with van der Waals surface area (Å²) >= 11 is 0. The van der Waals surface area contributed by atoms with E-state index in [0.29, 0.717) is 11.1 Å². The molecule has 0 spiro atoms. The topological polar surface area (TPSA) is 294 Å². The van der Waals surface area contributed by atoms with Crippen molar-refractivity contribution in [3.63, 3.8) is 0 Å². The molecule has 4 atom stereocenters. The Morgan fingerprint density at radius 1 is 0.826 bits per heavy atom. The second kappa shape index (κ2) is 16.4. The number of nitrogens with zero attached hydrogens (tertiary/aromatic N) is 1. The number of hydrogen-bond acceptors (Lipinski definition) is 8. The van der Waals surface area contributed by atoms with Crippen molar-refractivity contribution >= 4 is 46.5 Å². The van der Waals surface area contributed by atoms with Gasteiger partial charge in [-0.3, -0.25) is 24.2 Å². The van der Waals surface area contributed by atoms with Crippen LogP contribution in [0, 0.1) is 0 Å². The van der Waals surface area contributed by atoms with Crippen LogP contribution in [0.1, 0.15) is 30.4 Å². The van der Waals surface area contributed by atoms with Gasteiger partial charge in [0, 0.05) is 36.5 Å². The zero-order valence-corrected chi connectivity index (χ0v) is 24.9. The molecule has 1 aromatic heterocycles. The molecule has 0 aliphatic heterocycles. The normalized spacial score (nSPS) is 13.5. The maximum absolute atomic E-state index is 13.6. The van der Waals surface area contributed by atoms with Crippen LogP contribution in [0.15, 0.2) is 59.7 Å². The smallest absolute Gasteiger partial charge is 0.326 e. The van der Waals surface area contributed by atoms with Crippen molar-refractivity contribution in [3.05, 3.63) is 65.9 Å². The first-order valence-corrected chi connectivity index (χ1v) is 14.4. The molecule has 0 radical (unpaired) electrons. The van der Waals surface area contributed by atoms with E-state index in [4.69, 9.17) is 22.9 Å². The predicted octanol–water partition coefficient (Wildman–Crippen LogP) is -1.55. The zero-order valence-electron chi connectivity index (χ0n) is 24.9. The summed E-state index contributed by atoms with van der Waals surface area (Å²) in [5.74, 6) is -4.71. The van der Waals surface area contributed by atoms with Crippen LogP contribution in [-0.2, 0) is 36.8 Å². The third-order valence-electron chi connectivity index (χ3n) is 7.06. The minimum Gasteiger partial charge on any atom is -0.508 e. The number of aliphatic imine (C=N–C) groups is 1. The Morgan fingerprint density at radius 3 is 2.11 bits per heavy atom. The van der Waals surface area contributed by atoms with Crippen molar-refractivity contribution < 1.29 is 34.2 Å². The summed E-state index contributed by atoms with van der Waals surface area (Å²) in [4.78, 5) is 70.3. The van der Waals surface area contributed by atoms with Crippen molar-refractivity contribution in [3.8, 4) is 5.75 Å². The SMILES string of the molecule is NC(=O)CC(N)C(=O)NC(Cc1ccc(O)cc1)C(=O)NC(CCCN=C(N)N)C(=O)NC(Cc1c[nH]c2ccccc12)C(=O)O. The van der Waals surface area contributed by atoms with Crippen LogP contribution in [0.2, 0.25) is 0 Å². The number of primary amides is 1. The number of nitrogens with one attached hydrogen (secondary N) is 4.